The van der Waals surface area contributed by atoms with Gasteiger partial charge in [-0.25, -0.2) is 4.39 Å². The lowest BCUT2D eigenvalue weighted by Gasteiger charge is -2.19. The van der Waals surface area contributed by atoms with Crippen molar-refractivity contribution in [2.75, 3.05) is 18.5 Å². The smallest absolute Gasteiger partial charge is 0.226 e. The molecule has 3 nitrogen and oxygen atoms in total. The Kier molecular flexibility index (Phi) is 6.50. The zero-order valence-corrected chi connectivity index (χ0v) is 11.7. The van der Waals surface area contributed by atoms with Crippen LogP contribution in [-0.2, 0) is 4.79 Å². The summed E-state index contributed by atoms with van der Waals surface area (Å²) in [5.41, 5.74) is 5.87. The van der Waals surface area contributed by atoms with Crippen LogP contribution in [0, 0.1) is 11.7 Å². The molecule has 106 valence electrons. The van der Waals surface area contributed by atoms with Crippen molar-refractivity contribution < 1.29 is 9.18 Å². The van der Waals surface area contributed by atoms with E-state index in [1.807, 2.05) is 0 Å². The largest absolute Gasteiger partial charge is 0.330 e. The van der Waals surface area contributed by atoms with Crippen molar-refractivity contribution in [1.82, 2.24) is 0 Å². The van der Waals surface area contributed by atoms with Gasteiger partial charge in [-0.3, -0.25) is 4.79 Å². The van der Waals surface area contributed by atoms with Gasteiger partial charge < -0.3 is 10.6 Å². The Bertz CT molecular complexity index is 409. The number of nitrogens with two attached hydrogens (primary N) is 1. The van der Waals surface area contributed by atoms with Crippen LogP contribution < -0.4 is 10.6 Å². The average molecular weight is 266 g/mol. The highest BCUT2D eigenvalue weighted by Gasteiger charge is 2.16. The Morgan fingerprint density at radius 3 is 2.63 bits per heavy atom. The number of halogens is 1. The second kappa shape index (κ2) is 7.89. The van der Waals surface area contributed by atoms with Gasteiger partial charge in [0, 0.05) is 13.5 Å². The van der Waals surface area contributed by atoms with Gasteiger partial charge in [-0.05, 0) is 37.4 Å². The molecule has 0 radical (unpaired) electrons. The van der Waals surface area contributed by atoms with Gasteiger partial charge in [-0.15, -0.1) is 0 Å². The van der Waals surface area contributed by atoms with Crippen LogP contribution in [0.3, 0.4) is 0 Å². The SMILES string of the molecule is CCC(CCN)CCC(=O)N(C)c1ccccc1F. The molecule has 0 aliphatic heterocycles. The summed E-state index contributed by atoms with van der Waals surface area (Å²) in [5.74, 6) is 0.0518. The van der Waals surface area contributed by atoms with E-state index in [1.54, 1.807) is 25.2 Å². The maximum absolute atomic E-state index is 13.6. The first-order valence-electron chi connectivity index (χ1n) is 6.81. The molecule has 0 fully saturated rings. The van der Waals surface area contributed by atoms with E-state index in [1.165, 1.54) is 11.0 Å². The molecule has 0 aliphatic carbocycles. The average Bonchev–Trinajstić information content (AvgIpc) is 2.42. The van der Waals surface area contributed by atoms with Gasteiger partial charge in [0.2, 0.25) is 5.91 Å². The number of anilines is 1. The van der Waals surface area contributed by atoms with Crippen molar-refractivity contribution in [3.8, 4) is 0 Å². The topological polar surface area (TPSA) is 46.3 Å². The van der Waals surface area contributed by atoms with E-state index >= 15 is 0 Å². The third-order valence-electron chi connectivity index (χ3n) is 3.51. The summed E-state index contributed by atoms with van der Waals surface area (Å²) in [6, 6.07) is 6.32. The minimum Gasteiger partial charge on any atom is -0.330 e. The van der Waals surface area contributed by atoms with Crippen LogP contribution in [0.2, 0.25) is 0 Å². The summed E-state index contributed by atoms with van der Waals surface area (Å²) in [7, 11) is 1.62. The van der Waals surface area contributed by atoms with Crippen LogP contribution in [0.5, 0.6) is 0 Å². The summed E-state index contributed by atoms with van der Waals surface area (Å²) in [4.78, 5) is 13.4. The second-order valence-electron chi connectivity index (χ2n) is 4.79. The zero-order chi connectivity index (χ0) is 14.3. The summed E-state index contributed by atoms with van der Waals surface area (Å²) in [5, 5.41) is 0. The molecule has 1 unspecified atom stereocenters. The minimum atomic E-state index is -0.368. The van der Waals surface area contributed by atoms with E-state index in [0.717, 1.165) is 19.3 Å². The Morgan fingerprint density at radius 1 is 1.37 bits per heavy atom. The summed E-state index contributed by atoms with van der Waals surface area (Å²) in [6.45, 7) is 2.75. The van der Waals surface area contributed by atoms with Gasteiger partial charge >= 0.3 is 0 Å². The normalized spacial score (nSPS) is 12.2. The van der Waals surface area contributed by atoms with Gasteiger partial charge in [0.15, 0.2) is 0 Å². The predicted molar refractivity (Wildman–Crippen MR) is 76.5 cm³/mol. The van der Waals surface area contributed by atoms with Gasteiger partial charge in [-0.2, -0.15) is 0 Å². The molecule has 4 heteroatoms. The molecule has 0 aromatic heterocycles. The molecule has 19 heavy (non-hydrogen) atoms. The van der Waals surface area contributed by atoms with E-state index in [-0.39, 0.29) is 11.7 Å². The Balaban J connectivity index is 2.56. The van der Waals surface area contributed by atoms with Crippen LogP contribution in [0.4, 0.5) is 10.1 Å². The number of carbonyl (C=O) groups is 1. The van der Waals surface area contributed by atoms with Gasteiger partial charge in [0.05, 0.1) is 5.69 Å². The van der Waals surface area contributed by atoms with Crippen molar-refractivity contribution in [1.29, 1.82) is 0 Å². The molecule has 0 saturated heterocycles. The summed E-state index contributed by atoms with van der Waals surface area (Å²) >= 11 is 0. The highest BCUT2D eigenvalue weighted by atomic mass is 19.1. The van der Waals surface area contributed by atoms with Crippen molar-refractivity contribution >= 4 is 11.6 Å². The van der Waals surface area contributed by atoms with E-state index < -0.39 is 0 Å². The maximum Gasteiger partial charge on any atom is 0.226 e. The third-order valence-corrected chi connectivity index (χ3v) is 3.51. The molecule has 1 aromatic rings. The molecule has 1 aromatic carbocycles. The third kappa shape index (κ3) is 4.63. The molecule has 0 spiro atoms. The summed E-state index contributed by atoms with van der Waals surface area (Å²) < 4.78 is 13.6. The lowest BCUT2D eigenvalue weighted by atomic mass is 9.96. The van der Waals surface area contributed by atoms with Gasteiger partial charge in [-0.1, -0.05) is 25.5 Å². The van der Waals surface area contributed by atoms with Crippen LogP contribution in [0.1, 0.15) is 32.6 Å². The first-order chi connectivity index (χ1) is 9.10. The molecular weight excluding hydrogens is 243 g/mol. The number of rotatable bonds is 7. The standard InChI is InChI=1S/C15H23FN2O/c1-3-12(10-11-17)8-9-15(19)18(2)14-7-5-4-6-13(14)16/h4-7,12H,3,8-11,17H2,1-2H3. The first kappa shape index (κ1) is 15.6. The number of para-hydroxylation sites is 1. The van der Waals surface area contributed by atoms with E-state index in [2.05, 4.69) is 6.92 Å². The fourth-order valence-electron chi connectivity index (χ4n) is 2.14. The Morgan fingerprint density at radius 2 is 2.05 bits per heavy atom. The molecule has 1 atom stereocenters. The van der Waals surface area contributed by atoms with Crippen molar-refractivity contribution in [3.63, 3.8) is 0 Å². The first-order valence-corrected chi connectivity index (χ1v) is 6.81. The number of hydrogen-bond donors (Lipinski definition) is 1. The Hall–Kier alpha value is -1.42. The van der Waals surface area contributed by atoms with E-state index in [9.17, 15) is 9.18 Å². The van der Waals surface area contributed by atoms with Crippen LogP contribution in [0.25, 0.3) is 0 Å². The highest BCUT2D eigenvalue weighted by Crippen LogP contribution is 2.20. The molecule has 0 heterocycles. The lowest BCUT2D eigenvalue weighted by molar-refractivity contribution is -0.118. The molecule has 1 amide bonds. The number of nitrogens with zero attached hydrogens (tertiary/aromatic N) is 1. The molecule has 2 N–H and O–H groups in total. The Labute approximate surface area is 114 Å². The van der Waals surface area contributed by atoms with Crippen molar-refractivity contribution in [2.45, 2.75) is 32.6 Å². The lowest BCUT2D eigenvalue weighted by Crippen LogP contribution is -2.27. The number of amides is 1. The monoisotopic (exact) mass is 266 g/mol. The second-order valence-corrected chi connectivity index (χ2v) is 4.79. The van der Waals surface area contributed by atoms with Crippen LogP contribution >= 0.6 is 0 Å². The molecule has 0 saturated carbocycles. The number of benzene rings is 1. The predicted octanol–water partition coefficient (Wildman–Crippen LogP) is 2.94. The fraction of sp³-hybridized carbons (Fsp3) is 0.533. The highest BCUT2D eigenvalue weighted by molar-refractivity contribution is 5.92. The quantitative estimate of drug-likeness (QED) is 0.824. The molecule has 0 bridgehead atoms. The minimum absolute atomic E-state index is 0.0550. The fourth-order valence-corrected chi connectivity index (χ4v) is 2.14. The van der Waals surface area contributed by atoms with Crippen molar-refractivity contribution in [2.24, 2.45) is 11.7 Å². The maximum atomic E-state index is 13.6. The van der Waals surface area contributed by atoms with Crippen LogP contribution in [0.15, 0.2) is 24.3 Å². The number of carbonyl (C=O) groups excluding carboxylic acids is 1. The molecule has 1 rings (SSSR count). The summed E-state index contributed by atoms with van der Waals surface area (Å²) in [6.07, 6.45) is 3.20. The van der Waals surface area contributed by atoms with Gasteiger partial charge in [0.25, 0.3) is 0 Å². The molecular formula is C15H23FN2O. The van der Waals surface area contributed by atoms with E-state index in [0.29, 0.717) is 24.6 Å². The zero-order valence-electron chi connectivity index (χ0n) is 11.7. The molecule has 0 aliphatic rings. The van der Waals surface area contributed by atoms with Gasteiger partial charge in [0.1, 0.15) is 5.82 Å². The van der Waals surface area contributed by atoms with Crippen LogP contribution in [-0.4, -0.2) is 19.5 Å². The number of hydrogen-bond acceptors (Lipinski definition) is 2. The van der Waals surface area contributed by atoms with Crippen molar-refractivity contribution in [3.05, 3.63) is 30.1 Å². The van der Waals surface area contributed by atoms with E-state index in [4.69, 9.17) is 5.73 Å².